The first kappa shape index (κ1) is 37.6. The number of aliphatic hydroxyl groups excluding tert-OH is 1. The van der Waals surface area contributed by atoms with Crippen LogP contribution in [0.25, 0.3) is 6.08 Å². The predicted octanol–water partition coefficient (Wildman–Crippen LogP) is 4.16. The molecule has 12 heteroatoms. The van der Waals surface area contributed by atoms with E-state index in [0.717, 1.165) is 41.5 Å². The minimum atomic E-state index is -1.33. The van der Waals surface area contributed by atoms with Crippen LogP contribution in [-0.4, -0.2) is 95.6 Å². The molecule has 12 nitrogen and oxygen atoms in total. The van der Waals surface area contributed by atoms with Gasteiger partial charge in [0.2, 0.25) is 11.8 Å². The van der Waals surface area contributed by atoms with Crippen LogP contribution in [0, 0.1) is 22.7 Å². The molecular weight excluding hydrogens is 727 g/mol. The van der Waals surface area contributed by atoms with E-state index in [4.69, 9.17) is 28.9 Å². The number of carbonyl (C=O) groups is 3. The fourth-order valence-electron chi connectivity index (χ4n) is 11.8. The number of nitrogens with zero attached hydrogens (tertiary/aromatic N) is 1. The molecule has 7 fully saturated rings. The lowest BCUT2D eigenvalue weighted by atomic mass is 9.52. The second-order valence-corrected chi connectivity index (χ2v) is 18.9. The molecule has 1 spiro atoms. The topological polar surface area (TPSA) is 148 Å². The molecule has 10 rings (SSSR count). The van der Waals surface area contributed by atoms with Gasteiger partial charge in [-0.05, 0) is 78.5 Å². The summed E-state index contributed by atoms with van der Waals surface area (Å²) in [5, 5.41) is 16.3. The Bertz CT molecular complexity index is 1960. The second-order valence-electron chi connectivity index (χ2n) is 18.9. The van der Waals surface area contributed by atoms with Gasteiger partial charge >= 0.3 is 5.97 Å². The van der Waals surface area contributed by atoms with Gasteiger partial charge in [-0.25, -0.2) is 0 Å². The van der Waals surface area contributed by atoms with Gasteiger partial charge in [0, 0.05) is 38.8 Å². The molecule has 10 atom stereocenters. The number of amides is 2. The van der Waals surface area contributed by atoms with Gasteiger partial charge in [-0.1, -0.05) is 74.0 Å². The first-order chi connectivity index (χ1) is 27.4. The summed E-state index contributed by atoms with van der Waals surface area (Å²) in [5.74, 6) is -0.878. The number of esters is 1. The fraction of sp³-hybridized carbons (Fsp3) is 0.622. The summed E-state index contributed by atoms with van der Waals surface area (Å²) in [5.41, 5.74) is 4.95. The maximum atomic E-state index is 14.5. The molecule has 3 saturated carbocycles. The molecular formula is C45H55N3O9. The molecule has 4 heterocycles. The third-order valence-corrected chi connectivity index (χ3v) is 14.8. The van der Waals surface area contributed by atoms with Crippen molar-refractivity contribution in [3.63, 3.8) is 0 Å². The standard InChI is InChI=1S/C45H55N3O9/c1-42(2)23-31-28(12-13-34-43(3,54-34)16-14-32(31)42)20-26-8-10-27(11-9-26)25-48-38-40(51)53-33-24-45(38,41(52)47-17-15-35(50)46-18-19-49)39(57-48)37-36(33)55-44(56-37)21-29-6-4-5-7-30(29)22-44/h4-11,20,31-34,36-39,49H,12-19,21-25H2,1-3H3,(H,46,50)(H,47,52). The van der Waals surface area contributed by atoms with Crippen molar-refractivity contribution in [3.8, 4) is 0 Å². The molecule has 8 aliphatic rings. The third kappa shape index (κ3) is 6.28. The van der Waals surface area contributed by atoms with Crippen LogP contribution in [0.1, 0.15) is 88.0 Å². The third-order valence-electron chi connectivity index (χ3n) is 14.8. The first-order valence-electron chi connectivity index (χ1n) is 21.1. The Morgan fingerprint density at radius 2 is 1.68 bits per heavy atom. The number of hydrogen-bond acceptors (Lipinski definition) is 10. The number of ether oxygens (including phenoxy) is 4. The molecule has 57 heavy (non-hydrogen) atoms. The maximum Gasteiger partial charge on any atom is 0.327 e. The molecule has 4 aliphatic heterocycles. The minimum Gasteiger partial charge on any atom is -0.458 e. The number of hydrogen-bond donors (Lipinski definition) is 3. The van der Waals surface area contributed by atoms with Crippen LogP contribution in [0.3, 0.4) is 0 Å². The summed E-state index contributed by atoms with van der Waals surface area (Å²) in [6, 6.07) is 15.6. The van der Waals surface area contributed by atoms with Gasteiger partial charge in [-0.3, -0.25) is 19.2 Å². The lowest BCUT2D eigenvalue weighted by Gasteiger charge is -2.53. The van der Waals surface area contributed by atoms with Crippen molar-refractivity contribution in [2.45, 2.75) is 133 Å². The maximum absolute atomic E-state index is 14.5. The van der Waals surface area contributed by atoms with Crippen molar-refractivity contribution < 1.29 is 43.3 Å². The van der Waals surface area contributed by atoms with Crippen molar-refractivity contribution in [1.29, 1.82) is 0 Å². The van der Waals surface area contributed by atoms with E-state index in [0.29, 0.717) is 36.2 Å². The van der Waals surface area contributed by atoms with Gasteiger partial charge in [0.05, 0.1) is 24.9 Å². The SMILES string of the molecule is CC1(C)CC2C(=Cc3ccc(CN4OC5C6OC7(Cc8ccccc8C7)OC6C6CC5(C(=O)NCCC(=O)NCCO)C4C(=O)O6)cc3)CCC3OC3(C)CCC21. The summed E-state index contributed by atoms with van der Waals surface area (Å²) < 4.78 is 25.9. The lowest BCUT2D eigenvalue weighted by molar-refractivity contribution is -0.217. The number of nitrogens with one attached hydrogen (secondary N) is 2. The number of fused-ring (bicyclic) bond motifs is 7. The number of hydroxylamine groups is 2. The molecule has 4 saturated heterocycles. The molecule has 2 bridgehead atoms. The van der Waals surface area contributed by atoms with Crippen molar-refractivity contribution in [2.75, 3.05) is 19.7 Å². The average molecular weight is 782 g/mol. The van der Waals surface area contributed by atoms with Gasteiger partial charge in [-0.2, -0.15) is 5.06 Å². The molecule has 2 amide bonds. The number of benzene rings is 2. The van der Waals surface area contributed by atoms with E-state index in [1.54, 1.807) is 5.06 Å². The van der Waals surface area contributed by atoms with Crippen LogP contribution in [0.5, 0.6) is 0 Å². The minimum absolute atomic E-state index is 0.0258. The van der Waals surface area contributed by atoms with Crippen molar-refractivity contribution in [3.05, 3.63) is 76.4 Å². The Kier molecular flexibility index (Phi) is 9.04. The lowest BCUT2D eigenvalue weighted by Crippen LogP contribution is -2.69. The van der Waals surface area contributed by atoms with Gasteiger partial charge in [0.15, 0.2) is 11.8 Å². The summed E-state index contributed by atoms with van der Waals surface area (Å²) in [7, 11) is 0. The summed E-state index contributed by atoms with van der Waals surface area (Å²) in [4.78, 5) is 47.8. The van der Waals surface area contributed by atoms with E-state index in [2.05, 4.69) is 73.9 Å². The highest BCUT2D eigenvalue weighted by molar-refractivity contribution is 5.94. The normalized spacial score (nSPS) is 38.4. The molecule has 3 N–H and O–H groups in total. The predicted molar refractivity (Wildman–Crippen MR) is 207 cm³/mol. The first-order valence-corrected chi connectivity index (χ1v) is 21.1. The average Bonchev–Trinajstić information content (AvgIpc) is 3.47. The molecule has 2 aromatic carbocycles. The zero-order chi connectivity index (χ0) is 39.3. The zero-order valence-corrected chi connectivity index (χ0v) is 33.2. The Balaban J connectivity index is 0.907. The molecule has 2 aromatic rings. The summed E-state index contributed by atoms with van der Waals surface area (Å²) in [6.07, 6.45) is 6.94. The van der Waals surface area contributed by atoms with Crippen molar-refractivity contribution >= 4 is 23.9 Å². The van der Waals surface area contributed by atoms with E-state index in [1.807, 2.05) is 12.1 Å². The number of epoxide rings is 1. The van der Waals surface area contributed by atoms with Crippen LogP contribution in [0.2, 0.25) is 0 Å². The van der Waals surface area contributed by atoms with Crippen LogP contribution >= 0.6 is 0 Å². The van der Waals surface area contributed by atoms with Gasteiger partial charge in [0.25, 0.3) is 0 Å². The fourth-order valence-corrected chi connectivity index (χ4v) is 11.8. The van der Waals surface area contributed by atoms with Crippen LogP contribution in [-0.2, 0) is 57.6 Å². The number of carbonyl (C=O) groups excluding carboxylic acids is 3. The summed E-state index contributed by atoms with van der Waals surface area (Å²) >= 11 is 0. The number of allylic oxidation sites excluding steroid dienone is 1. The van der Waals surface area contributed by atoms with Gasteiger partial charge in [-0.15, -0.1) is 0 Å². The highest BCUT2D eigenvalue weighted by Crippen LogP contribution is 2.61. The number of rotatable bonds is 9. The molecule has 0 radical (unpaired) electrons. The number of aliphatic hydroxyl groups is 1. The van der Waals surface area contributed by atoms with E-state index in [1.165, 1.54) is 18.4 Å². The zero-order valence-electron chi connectivity index (χ0n) is 33.2. The highest BCUT2D eigenvalue weighted by Gasteiger charge is 2.76. The smallest absolute Gasteiger partial charge is 0.327 e. The Morgan fingerprint density at radius 3 is 2.42 bits per heavy atom. The van der Waals surface area contributed by atoms with Crippen LogP contribution in [0.15, 0.2) is 54.1 Å². The largest absolute Gasteiger partial charge is 0.458 e. The van der Waals surface area contributed by atoms with Crippen molar-refractivity contribution in [2.24, 2.45) is 22.7 Å². The Labute approximate surface area is 333 Å². The molecule has 304 valence electrons. The molecule has 10 unspecified atom stereocenters. The Morgan fingerprint density at radius 1 is 0.930 bits per heavy atom. The highest BCUT2D eigenvalue weighted by atomic mass is 16.8. The van der Waals surface area contributed by atoms with E-state index >= 15 is 0 Å². The Hall–Kier alpha value is -3.65. The van der Waals surface area contributed by atoms with Crippen LogP contribution < -0.4 is 10.6 Å². The van der Waals surface area contributed by atoms with Gasteiger partial charge < -0.3 is 34.7 Å². The molecule has 4 aliphatic carbocycles. The second kappa shape index (κ2) is 13.7. The van der Waals surface area contributed by atoms with E-state index < -0.39 is 47.6 Å². The molecule has 0 aromatic heterocycles. The monoisotopic (exact) mass is 781 g/mol. The van der Waals surface area contributed by atoms with E-state index in [-0.39, 0.29) is 56.5 Å². The van der Waals surface area contributed by atoms with E-state index in [9.17, 15) is 14.4 Å². The quantitative estimate of drug-likeness (QED) is 0.251. The van der Waals surface area contributed by atoms with Crippen LogP contribution in [0.4, 0.5) is 0 Å². The van der Waals surface area contributed by atoms with Crippen molar-refractivity contribution in [1.82, 2.24) is 15.7 Å². The summed E-state index contributed by atoms with van der Waals surface area (Å²) in [6.45, 7) is 7.38. The van der Waals surface area contributed by atoms with Gasteiger partial charge in [0.1, 0.15) is 29.8 Å².